The first-order chi connectivity index (χ1) is 4.88. The summed E-state index contributed by atoms with van der Waals surface area (Å²) in [5.41, 5.74) is 0. The van der Waals surface area contributed by atoms with Gasteiger partial charge in [0.15, 0.2) is 0 Å². The normalized spacial score (nSPS) is 11.0. The van der Waals surface area contributed by atoms with Crippen molar-refractivity contribution >= 4 is 12.0 Å². The largest absolute Gasteiger partial charge is 0.479 e. The highest BCUT2D eigenvalue weighted by atomic mass is 16.5. The van der Waals surface area contributed by atoms with E-state index in [1.54, 1.807) is 7.11 Å². The van der Waals surface area contributed by atoms with Crippen LogP contribution in [0.25, 0.3) is 0 Å². The fourth-order valence-electron chi connectivity index (χ4n) is 0.591. The molecule has 0 atom stereocenters. The number of ether oxygens (including phenoxy) is 1. The number of nitrogens with zero attached hydrogens (tertiary/aromatic N) is 1. The van der Waals surface area contributed by atoms with Crippen LogP contribution in [0, 0.1) is 0 Å². The average Bonchev–Trinajstić information content (AvgIpc) is 1.88. The first-order valence-electron chi connectivity index (χ1n) is 3.21. The third-order valence-corrected chi connectivity index (χ3v) is 1.12. The van der Waals surface area contributed by atoms with Crippen LogP contribution in [0.4, 0.5) is 5.82 Å². The zero-order valence-corrected chi connectivity index (χ0v) is 6.14. The van der Waals surface area contributed by atoms with E-state index < -0.39 is 0 Å². The zero-order valence-electron chi connectivity index (χ0n) is 6.14. The Bertz CT molecular complexity index is 211. The molecule has 4 heteroatoms. The van der Waals surface area contributed by atoms with Gasteiger partial charge in [0.25, 0.3) is 5.88 Å². The summed E-state index contributed by atoms with van der Waals surface area (Å²) in [6.45, 7) is 2.03. The summed E-state index contributed by atoms with van der Waals surface area (Å²) in [6.07, 6.45) is 2.75. The number of H-pyrrole nitrogens is 2. The fraction of sp³-hybridized carbons (Fsp3) is 0.500. The summed E-state index contributed by atoms with van der Waals surface area (Å²) in [6, 6.07) is 0. The minimum Gasteiger partial charge on any atom is -0.479 e. The first-order valence-corrected chi connectivity index (χ1v) is 3.21. The number of methoxy groups -OCH3 is 1. The van der Waals surface area contributed by atoms with Crippen LogP contribution in [-0.2, 0) is 0 Å². The van der Waals surface area contributed by atoms with Crippen LogP contribution in [0.3, 0.4) is 0 Å². The lowest BCUT2D eigenvalue weighted by Gasteiger charge is -2.06. The van der Waals surface area contributed by atoms with Crippen LogP contribution in [0.1, 0.15) is 13.3 Å². The van der Waals surface area contributed by atoms with Crippen molar-refractivity contribution in [1.82, 2.24) is 10.2 Å². The van der Waals surface area contributed by atoms with Gasteiger partial charge in [-0.05, 0) is 6.42 Å². The number of hydrogen-bond donors (Lipinski definition) is 2. The molecule has 0 fully saturated rings. The Kier molecular flexibility index (Phi) is 2.15. The number of aromatic amines is 2. The van der Waals surface area contributed by atoms with Gasteiger partial charge in [-0.1, -0.05) is 6.92 Å². The lowest BCUT2D eigenvalue weighted by molar-refractivity contribution is 0.381. The molecule has 0 aliphatic rings. The molecule has 56 valence electrons. The van der Waals surface area contributed by atoms with Crippen molar-refractivity contribution in [3.63, 3.8) is 0 Å². The minimum absolute atomic E-state index is 0.699. The molecule has 2 N–H and O–H groups in total. The molecule has 1 aromatic rings. The van der Waals surface area contributed by atoms with E-state index in [1.807, 2.05) is 13.1 Å². The number of rotatable bonds is 3. The highest BCUT2D eigenvalue weighted by Crippen LogP contribution is 2.22. The van der Waals surface area contributed by atoms with E-state index in [0.29, 0.717) is 5.88 Å². The highest BCUT2D eigenvalue weighted by Gasteiger charge is 2.02. The van der Waals surface area contributed by atoms with E-state index in [4.69, 9.17) is 4.74 Å². The summed E-state index contributed by atoms with van der Waals surface area (Å²) >= 11 is 0. The minimum atomic E-state index is 0.699. The lowest BCUT2D eigenvalue weighted by atomic mass is 10.5. The molecule has 1 aromatic heterocycles. The number of aromatic nitrogens is 2. The van der Waals surface area contributed by atoms with Crippen LogP contribution in [0.15, 0.2) is 4.99 Å². The third-order valence-electron chi connectivity index (χ3n) is 1.12. The van der Waals surface area contributed by atoms with Crippen molar-refractivity contribution in [3.8, 4) is 5.88 Å². The summed E-state index contributed by atoms with van der Waals surface area (Å²) < 4.78 is 4.89. The van der Waals surface area contributed by atoms with Gasteiger partial charge in [0.2, 0.25) is 5.82 Å². The molecule has 0 aliphatic carbocycles. The average molecular weight is 141 g/mol. The van der Waals surface area contributed by atoms with Gasteiger partial charge in [-0.25, -0.2) is 4.99 Å². The van der Waals surface area contributed by atoms with Crippen molar-refractivity contribution < 1.29 is 4.74 Å². The second-order valence-corrected chi connectivity index (χ2v) is 1.85. The Hall–Kier alpha value is -1.19. The second kappa shape index (κ2) is 3.10. The predicted octanol–water partition coefficient (Wildman–Crippen LogP) is 1.46. The maximum Gasteiger partial charge on any atom is 0.251 e. The Labute approximate surface area is 59.3 Å². The topological polar surface area (TPSA) is 53.2 Å². The zero-order chi connectivity index (χ0) is 7.40. The summed E-state index contributed by atoms with van der Waals surface area (Å²) in [4.78, 5) is 4.06. The van der Waals surface area contributed by atoms with E-state index >= 15 is 0 Å². The molecule has 0 unspecified atom stereocenters. The predicted molar refractivity (Wildman–Crippen MR) is 40.1 cm³/mol. The Balaban J connectivity index is 2.53. The van der Waals surface area contributed by atoms with Crippen LogP contribution < -0.4 is 4.74 Å². The van der Waals surface area contributed by atoms with Crippen molar-refractivity contribution in [3.05, 3.63) is 0 Å². The lowest BCUT2D eigenvalue weighted by Crippen LogP contribution is -1.96. The highest BCUT2D eigenvalue weighted by molar-refractivity contribution is 5.63. The molecular formula is C6H11N3O. The van der Waals surface area contributed by atoms with Crippen LogP contribution >= 0.6 is 0 Å². The molecule has 10 heavy (non-hydrogen) atoms. The molecule has 0 saturated carbocycles. The third kappa shape index (κ3) is 1.21. The maximum absolute atomic E-state index is 4.89. The number of aliphatic imine (C=N–C) groups is 1. The van der Waals surface area contributed by atoms with Crippen molar-refractivity contribution in [2.75, 3.05) is 7.11 Å². The molecule has 0 amide bonds. The quantitative estimate of drug-likeness (QED) is 0.615. The maximum atomic E-state index is 4.89. The molecule has 1 rings (SSSR count). The van der Waals surface area contributed by atoms with Crippen LogP contribution in [0.5, 0.6) is 5.88 Å². The van der Waals surface area contributed by atoms with E-state index in [9.17, 15) is 0 Å². The summed E-state index contributed by atoms with van der Waals surface area (Å²) in [5.74, 6) is 1.47. The SMILES string of the molecule is CCC=Nc1[nH][nH]c1OC. The van der Waals surface area contributed by atoms with E-state index in [2.05, 4.69) is 15.2 Å². The molecule has 0 bridgehead atoms. The van der Waals surface area contributed by atoms with Gasteiger partial charge in [-0.3, -0.25) is 10.2 Å². The van der Waals surface area contributed by atoms with Crippen molar-refractivity contribution in [2.24, 2.45) is 4.99 Å². The second-order valence-electron chi connectivity index (χ2n) is 1.85. The number of hydrogen-bond acceptors (Lipinski definition) is 2. The summed E-state index contributed by atoms with van der Waals surface area (Å²) in [5, 5.41) is 5.54. The Morgan fingerprint density at radius 1 is 1.60 bits per heavy atom. The standard InChI is InChI=1S/C6H11N3O/c1-3-4-7-5-6(10-2)9-8-5/h4,8-9H,3H2,1-2H3. The van der Waals surface area contributed by atoms with Gasteiger partial charge in [0.05, 0.1) is 7.11 Å². The molecule has 0 spiro atoms. The summed E-state index contributed by atoms with van der Waals surface area (Å²) in [7, 11) is 1.60. The fourth-order valence-corrected chi connectivity index (χ4v) is 0.591. The first kappa shape index (κ1) is 6.92. The Morgan fingerprint density at radius 2 is 2.40 bits per heavy atom. The van der Waals surface area contributed by atoms with E-state index in [0.717, 1.165) is 12.2 Å². The monoisotopic (exact) mass is 141 g/mol. The Morgan fingerprint density at radius 3 is 2.80 bits per heavy atom. The molecule has 0 saturated heterocycles. The van der Waals surface area contributed by atoms with Crippen molar-refractivity contribution in [2.45, 2.75) is 13.3 Å². The smallest absolute Gasteiger partial charge is 0.251 e. The van der Waals surface area contributed by atoms with Gasteiger partial charge >= 0.3 is 0 Å². The molecule has 1 heterocycles. The van der Waals surface area contributed by atoms with Gasteiger partial charge in [0, 0.05) is 6.21 Å². The molecule has 0 aliphatic heterocycles. The number of nitrogens with one attached hydrogen (secondary N) is 2. The van der Waals surface area contributed by atoms with Crippen LogP contribution in [-0.4, -0.2) is 23.5 Å². The van der Waals surface area contributed by atoms with E-state index in [1.165, 1.54) is 0 Å². The van der Waals surface area contributed by atoms with E-state index in [-0.39, 0.29) is 0 Å². The molecule has 0 aromatic carbocycles. The molecular weight excluding hydrogens is 130 g/mol. The van der Waals surface area contributed by atoms with Gasteiger partial charge in [-0.2, -0.15) is 0 Å². The van der Waals surface area contributed by atoms with Crippen LogP contribution in [0.2, 0.25) is 0 Å². The molecule has 0 radical (unpaired) electrons. The van der Waals surface area contributed by atoms with Crippen molar-refractivity contribution in [1.29, 1.82) is 0 Å². The van der Waals surface area contributed by atoms with Gasteiger partial charge in [-0.15, -0.1) is 0 Å². The van der Waals surface area contributed by atoms with Gasteiger partial charge < -0.3 is 4.74 Å². The molecule has 4 nitrogen and oxygen atoms in total. The van der Waals surface area contributed by atoms with Gasteiger partial charge in [0.1, 0.15) is 0 Å².